The van der Waals surface area contributed by atoms with Crippen molar-refractivity contribution < 1.29 is 28.5 Å². The Bertz CT molecular complexity index is 1120. The predicted molar refractivity (Wildman–Crippen MR) is 130 cm³/mol. The van der Waals surface area contributed by atoms with E-state index < -0.39 is 5.97 Å². The lowest BCUT2D eigenvalue weighted by Gasteiger charge is -2.26. The van der Waals surface area contributed by atoms with Gasteiger partial charge in [0.1, 0.15) is 18.1 Å². The summed E-state index contributed by atoms with van der Waals surface area (Å²) in [5.74, 6) is 0.315. The van der Waals surface area contributed by atoms with Crippen molar-refractivity contribution in [3.63, 3.8) is 0 Å². The highest BCUT2D eigenvalue weighted by Gasteiger charge is 2.16. The molecule has 2 aromatic carbocycles. The third-order valence-corrected chi connectivity index (χ3v) is 5.71. The van der Waals surface area contributed by atoms with Crippen LogP contribution in [0.3, 0.4) is 0 Å². The molecule has 8 nitrogen and oxygen atoms in total. The zero-order valence-corrected chi connectivity index (χ0v) is 20.1. The molecule has 0 aliphatic carbocycles. The molecule has 0 atom stereocenters. The first-order valence-corrected chi connectivity index (χ1v) is 11.0. The fraction of sp³-hybridized carbons (Fsp3) is 0.360. The number of ether oxygens (including phenoxy) is 4. The van der Waals surface area contributed by atoms with E-state index in [1.165, 1.54) is 0 Å². The number of morpholine rings is 1. The number of methoxy groups -OCH3 is 1. The summed E-state index contributed by atoms with van der Waals surface area (Å²) in [4.78, 5) is 30.3. The van der Waals surface area contributed by atoms with E-state index in [-0.39, 0.29) is 24.8 Å². The largest absolute Gasteiger partial charge is 0.497 e. The van der Waals surface area contributed by atoms with Crippen LogP contribution in [0.25, 0.3) is 10.9 Å². The van der Waals surface area contributed by atoms with E-state index in [0.717, 1.165) is 41.0 Å². The summed E-state index contributed by atoms with van der Waals surface area (Å²) in [6, 6.07) is 12.1. The first-order chi connectivity index (χ1) is 16.0. The molecule has 0 bridgehead atoms. The van der Waals surface area contributed by atoms with Gasteiger partial charge in [-0.2, -0.15) is 0 Å². The van der Waals surface area contributed by atoms with Crippen LogP contribution in [0.1, 0.15) is 21.6 Å². The second-order valence-electron chi connectivity index (χ2n) is 7.91. The standard InChI is InChI=1S/C25H28N2O6.ClH/c1-17-21(22-15-20(30-2)7-8-23(22)26-17)16-24(28)33-19-5-3-18(4-6-19)25(29)32-14-11-27-9-12-31-13-10-27;/h3-8,15,26H,9-14,16H2,1-2H3;1H. The summed E-state index contributed by atoms with van der Waals surface area (Å²) >= 11 is 0. The fourth-order valence-corrected chi connectivity index (χ4v) is 3.86. The molecule has 0 radical (unpaired) electrons. The molecule has 1 saturated heterocycles. The van der Waals surface area contributed by atoms with Crippen molar-refractivity contribution >= 4 is 35.2 Å². The lowest BCUT2D eigenvalue weighted by Crippen LogP contribution is -2.38. The van der Waals surface area contributed by atoms with Gasteiger partial charge < -0.3 is 23.9 Å². The van der Waals surface area contributed by atoms with Crippen molar-refractivity contribution in [2.45, 2.75) is 13.3 Å². The van der Waals surface area contributed by atoms with Gasteiger partial charge in [0.25, 0.3) is 0 Å². The Morgan fingerprint density at radius 1 is 1.06 bits per heavy atom. The lowest BCUT2D eigenvalue weighted by atomic mass is 10.1. The zero-order valence-electron chi connectivity index (χ0n) is 19.3. The van der Waals surface area contributed by atoms with Gasteiger partial charge >= 0.3 is 11.9 Å². The van der Waals surface area contributed by atoms with Crippen LogP contribution in [0.15, 0.2) is 42.5 Å². The first-order valence-electron chi connectivity index (χ1n) is 11.0. The van der Waals surface area contributed by atoms with Gasteiger partial charge in [0.05, 0.1) is 32.3 Å². The number of nitrogens with zero attached hydrogens (tertiary/aromatic N) is 1. The molecular formula is C25H29ClN2O6. The summed E-state index contributed by atoms with van der Waals surface area (Å²) < 4.78 is 21.4. The Morgan fingerprint density at radius 2 is 1.76 bits per heavy atom. The molecule has 1 fully saturated rings. The SMILES string of the molecule is COc1ccc2[nH]c(C)c(CC(=O)Oc3ccc(C(=O)OCCN4CCOCC4)cc3)c2c1.Cl. The smallest absolute Gasteiger partial charge is 0.338 e. The number of hydrogen-bond acceptors (Lipinski definition) is 7. The number of halogens is 1. The maximum atomic E-state index is 12.6. The number of nitrogens with one attached hydrogen (secondary N) is 1. The van der Waals surface area contributed by atoms with Gasteiger partial charge in [0, 0.05) is 36.2 Å². The highest BCUT2D eigenvalue weighted by Crippen LogP contribution is 2.27. The Hall–Kier alpha value is -3.07. The molecule has 0 spiro atoms. The third-order valence-electron chi connectivity index (χ3n) is 5.71. The van der Waals surface area contributed by atoms with Gasteiger partial charge in [0.15, 0.2) is 0 Å². The average molecular weight is 489 g/mol. The second kappa shape index (κ2) is 11.9. The van der Waals surface area contributed by atoms with Crippen molar-refractivity contribution in [3.05, 3.63) is 59.3 Å². The topological polar surface area (TPSA) is 90.1 Å². The molecule has 1 aromatic heterocycles. The van der Waals surface area contributed by atoms with Crippen LogP contribution in [-0.2, 0) is 20.7 Å². The van der Waals surface area contributed by atoms with Crippen LogP contribution < -0.4 is 9.47 Å². The number of aromatic amines is 1. The van der Waals surface area contributed by atoms with Gasteiger partial charge in [-0.15, -0.1) is 12.4 Å². The quantitative estimate of drug-likeness (QED) is 0.383. The van der Waals surface area contributed by atoms with Gasteiger partial charge in [0.2, 0.25) is 0 Å². The molecule has 0 amide bonds. The molecule has 1 N–H and O–H groups in total. The van der Waals surface area contributed by atoms with E-state index in [4.69, 9.17) is 18.9 Å². The highest BCUT2D eigenvalue weighted by atomic mass is 35.5. The monoisotopic (exact) mass is 488 g/mol. The van der Waals surface area contributed by atoms with Gasteiger partial charge in [-0.25, -0.2) is 4.79 Å². The van der Waals surface area contributed by atoms with E-state index in [1.54, 1.807) is 31.4 Å². The Balaban J connectivity index is 0.00000324. The van der Waals surface area contributed by atoms with Gasteiger partial charge in [-0.3, -0.25) is 9.69 Å². The molecule has 0 unspecified atom stereocenters. The minimum absolute atomic E-state index is 0. The fourth-order valence-electron chi connectivity index (χ4n) is 3.86. The average Bonchev–Trinajstić information content (AvgIpc) is 3.14. The molecule has 1 aliphatic rings. The lowest BCUT2D eigenvalue weighted by molar-refractivity contribution is -0.133. The number of rotatable bonds is 8. The van der Waals surface area contributed by atoms with Crippen LogP contribution in [0.5, 0.6) is 11.5 Å². The van der Waals surface area contributed by atoms with Crippen molar-refractivity contribution in [2.24, 2.45) is 0 Å². The number of fused-ring (bicyclic) bond motifs is 1. The maximum Gasteiger partial charge on any atom is 0.338 e. The van der Waals surface area contributed by atoms with Crippen LogP contribution in [0, 0.1) is 6.92 Å². The van der Waals surface area contributed by atoms with Gasteiger partial charge in [-0.1, -0.05) is 0 Å². The predicted octanol–water partition coefficient (Wildman–Crippen LogP) is 3.54. The minimum atomic E-state index is -0.399. The molecule has 34 heavy (non-hydrogen) atoms. The number of esters is 2. The van der Waals surface area contributed by atoms with E-state index in [1.807, 2.05) is 25.1 Å². The summed E-state index contributed by atoms with van der Waals surface area (Å²) in [6.07, 6.45) is 0.115. The molecule has 9 heteroatoms. The highest BCUT2D eigenvalue weighted by molar-refractivity contribution is 5.91. The zero-order chi connectivity index (χ0) is 23.2. The number of carbonyl (C=O) groups is 2. The molecule has 0 saturated carbocycles. The number of benzene rings is 2. The van der Waals surface area contributed by atoms with Crippen molar-refractivity contribution in [1.82, 2.24) is 9.88 Å². The molecule has 1 aliphatic heterocycles. The normalized spacial score (nSPS) is 13.8. The van der Waals surface area contributed by atoms with Crippen LogP contribution >= 0.6 is 12.4 Å². The minimum Gasteiger partial charge on any atom is -0.497 e. The van der Waals surface area contributed by atoms with Crippen LogP contribution in [0.2, 0.25) is 0 Å². The second-order valence-corrected chi connectivity index (χ2v) is 7.91. The van der Waals surface area contributed by atoms with E-state index in [0.29, 0.717) is 37.7 Å². The molecule has 2 heterocycles. The van der Waals surface area contributed by atoms with Crippen LogP contribution in [-0.4, -0.2) is 68.4 Å². The summed E-state index contributed by atoms with van der Waals surface area (Å²) in [5, 5.41) is 0.930. The summed E-state index contributed by atoms with van der Waals surface area (Å²) in [7, 11) is 1.61. The van der Waals surface area contributed by atoms with Crippen molar-refractivity contribution in [1.29, 1.82) is 0 Å². The Morgan fingerprint density at radius 3 is 2.47 bits per heavy atom. The first kappa shape index (κ1) is 25.6. The summed E-state index contributed by atoms with van der Waals surface area (Å²) in [6.45, 7) is 6.06. The van der Waals surface area contributed by atoms with E-state index in [2.05, 4.69) is 9.88 Å². The van der Waals surface area contributed by atoms with Crippen LogP contribution in [0.4, 0.5) is 0 Å². The Labute approximate surface area is 204 Å². The number of aromatic nitrogens is 1. The molecule has 4 rings (SSSR count). The molecular weight excluding hydrogens is 460 g/mol. The Kier molecular flexibility index (Phi) is 8.92. The van der Waals surface area contributed by atoms with Crippen molar-refractivity contribution in [3.8, 4) is 11.5 Å². The van der Waals surface area contributed by atoms with Gasteiger partial charge in [-0.05, 0) is 55.0 Å². The number of H-pyrrole nitrogens is 1. The number of aryl methyl sites for hydroxylation is 1. The summed E-state index contributed by atoms with van der Waals surface area (Å²) in [5.41, 5.74) is 3.13. The van der Waals surface area contributed by atoms with E-state index >= 15 is 0 Å². The number of hydrogen-bond donors (Lipinski definition) is 1. The molecule has 3 aromatic rings. The third kappa shape index (κ3) is 6.28. The van der Waals surface area contributed by atoms with E-state index in [9.17, 15) is 9.59 Å². The number of carbonyl (C=O) groups excluding carboxylic acids is 2. The van der Waals surface area contributed by atoms with Crippen molar-refractivity contribution in [2.75, 3.05) is 46.6 Å². The maximum absolute atomic E-state index is 12.6. The molecule has 182 valence electrons.